The molecule has 1 aliphatic rings. The van der Waals surface area contributed by atoms with E-state index in [1.807, 2.05) is 0 Å². The minimum absolute atomic E-state index is 0.143. The van der Waals surface area contributed by atoms with Crippen LogP contribution in [-0.2, 0) is 19.1 Å². The summed E-state index contributed by atoms with van der Waals surface area (Å²) in [5, 5.41) is 29.6. The topological polar surface area (TPSA) is 165 Å². The lowest BCUT2D eigenvalue weighted by molar-refractivity contribution is -0.334. The van der Waals surface area contributed by atoms with Gasteiger partial charge in [-0.05, 0) is 13.8 Å². The summed E-state index contributed by atoms with van der Waals surface area (Å²) in [5.74, 6) is -1.64. The number of hydrogen-bond acceptors (Lipinski definition) is 7. The van der Waals surface area contributed by atoms with Crippen molar-refractivity contribution in [1.82, 2.24) is 0 Å². The molecule has 20 heavy (non-hydrogen) atoms. The normalized spacial score (nSPS) is 39.2. The zero-order valence-electron chi connectivity index (χ0n) is 11.2. The number of primary amides is 2. The van der Waals surface area contributed by atoms with Gasteiger partial charge in [-0.2, -0.15) is 0 Å². The van der Waals surface area contributed by atoms with Crippen LogP contribution in [0.2, 0.25) is 0 Å². The summed E-state index contributed by atoms with van der Waals surface area (Å²) >= 11 is 0. The van der Waals surface area contributed by atoms with Crippen LogP contribution in [-0.4, -0.2) is 63.4 Å². The number of ether oxygens (including phenoxy) is 2. The van der Waals surface area contributed by atoms with Crippen molar-refractivity contribution in [2.24, 2.45) is 11.5 Å². The molecular formula is C11H20N2O7. The molecule has 0 aromatic rings. The predicted octanol–water partition coefficient (Wildman–Crippen LogP) is -3.05. The maximum Gasteiger partial charge on any atom is 0.249 e. The van der Waals surface area contributed by atoms with E-state index in [1.54, 1.807) is 0 Å². The number of carbonyl (C=O) groups is 2. The first-order chi connectivity index (χ1) is 9.07. The van der Waals surface area contributed by atoms with Crippen molar-refractivity contribution in [3.63, 3.8) is 0 Å². The minimum Gasteiger partial charge on any atom is -0.387 e. The van der Waals surface area contributed by atoms with Gasteiger partial charge in [0, 0.05) is 0 Å². The monoisotopic (exact) mass is 292 g/mol. The Hall–Kier alpha value is -1.26. The average Bonchev–Trinajstić information content (AvgIpc) is 2.29. The van der Waals surface area contributed by atoms with E-state index in [1.165, 1.54) is 13.8 Å². The fourth-order valence-corrected chi connectivity index (χ4v) is 1.95. The Bertz CT molecular complexity index is 387. The van der Waals surface area contributed by atoms with Crippen LogP contribution in [0.5, 0.6) is 0 Å². The van der Waals surface area contributed by atoms with E-state index >= 15 is 0 Å². The molecule has 4 unspecified atom stereocenters. The third kappa shape index (κ3) is 3.44. The van der Waals surface area contributed by atoms with Crippen molar-refractivity contribution in [3.05, 3.63) is 0 Å². The number of aliphatic hydroxyl groups is 3. The Morgan fingerprint density at radius 3 is 2.40 bits per heavy atom. The molecule has 0 saturated carbocycles. The van der Waals surface area contributed by atoms with Crippen LogP contribution in [0, 0.1) is 0 Å². The molecule has 0 radical (unpaired) electrons. The zero-order chi connectivity index (χ0) is 15.7. The summed E-state index contributed by atoms with van der Waals surface area (Å²) in [6.45, 7) is 2.67. The molecule has 9 nitrogen and oxygen atoms in total. The van der Waals surface area contributed by atoms with Crippen molar-refractivity contribution >= 4 is 11.8 Å². The Kier molecular flexibility index (Phi) is 5.05. The average molecular weight is 292 g/mol. The lowest BCUT2D eigenvalue weighted by Gasteiger charge is -2.46. The minimum atomic E-state index is -1.99. The number of carbonyl (C=O) groups excluding carboxylic acids is 2. The Morgan fingerprint density at radius 1 is 1.40 bits per heavy atom. The van der Waals surface area contributed by atoms with E-state index in [0.29, 0.717) is 0 Å². The molecule has 1 saturated heterocycles. The molecule has 7 N–H and O–H groups in total. The van der Waals surface area contributed by atoms with Crippen LogP contribution in [0.3, 0.4) is 0 Å². The van der Waals surface area contributed by atoms with Crippen LogP contribution in [0.15, 0.2) is 0 Å². The highest BCUT2D eigenvalue weighted by molar-refractivity contribution is 5.79. The highest BCUT2D eigenvalue weighted by Gasteiger charge is 2.54. The lowest BCUT2D eigenvalue weighted by atomic mass is 9.88. The molecule has 0 aromatic heterocycles. The van der Waals surface area contributed by atoms with Gasteiger partial charge in [-0.3, -0.25) is 9.59 Å². The SMILES string of the molecule is CC(CC(N)=O)O[C@@H]1OC(C(N)=O)[C@H](O)C(O)C1(C)O. The third-order valence-electron chi connectivity index (χ3n) is 3.10. The summed E-state index contributed by atoms with van der Waals surface area (Å²) in [6, 6.07) is 0. The number of amides is 2. The number of aliphatic hydroxyl groups excluding tert-OH is 2. The second-order valence-corrected chi connectivity index (χ2v) is 5.07. The number of nitrogens with two attached hydrogens (primary N) is 2. The third-order valence-corrected chi connectivity index (χ3v) is 3.10. The van der Waals surface area contributed by atoms with Gasteiger partial charge in [-0.15, -0.1) is 0 Å². The van der Waals surface area contributed by atoms with Crippen LogP contribution in [0.1, 0.15) is 20.3 Å². The van der Waals surface area contributed by atoms with E-state index < -0.39 is 48.1 Å². The van der Waals surface area contributed by atoms with Crippen molar-refractivity contribution < 1.29 is 34.4 Å². The Labute approximate surface area is 115 Å². The molecule has 0 aliphatic carbocycles. The van der Waals surface area contributed by atoms with Gasteiger partial charge < -0.3 is 36.3 Å². The molecule has 1 fully saturated rings. The first-order valence-electron chi connectivity index (χ1n) is 6.04. The molecule has 2 amide bonds. The fourth-order valence-electron chi connectivity index (χ4n) is 1.95. The second-order valence-electron chi connectivity index (χ2n) is 5.07. The van der Waals surface area contributed by atoms with Gasteiger partial charge in [0.25, 0.3) is 0 Å². The molecule has 0 aromatic carbocycles. The summed E-state index contributed by atoms with van der Waals surface area (Å²) in [5.41, 5.74) is 8.05. The largest absolute Gasteiger partial charge is 0.387 e. The van der Waals surface area contributed by atoms with Gasteiger partial charge in [0.05, 0.1) is 12.5 Å². The highest BCUT2D eigenvalue weighted by atomic mass is 16.7. The molecule has 6 atom stereocenters. The first kappa shape index (κ1) is 16.8. The Balaban J connectivity index is 2.86. The van der Waals surface area contributed by atoms with E-state index in [2.05, 4.69) is 0 Å². The second kappa shape index (κ2) is 6.02. The van der Waals surface area contributed by atoms with E-state index in [4.69, 9.17) is 20.9 Å². The van der Waals surface area contributed by atoms with Crippen molar-refractivity contribution in [2.75, 3.05) is 0 Å². The van der Waals surface area contributed by atoms with Gasteiger partial charge in [0.2, 0.25) is 11.8 Å². The summed E-state index contributed by atoms with van der Waals surface area (Å²) in [7, 11) is 0. The van der Waals surface area contributed by atoms with Gasteiger partial charge in [0.15, 0.2) is 12.4 Å². The molecule has 9 heteroatoms. The van der Waals surface area contributed by atoms with Crippen LogP contribution < -0.4 is 11.5 Å². The lowest BCUT2D eigenvalue weighted by Crippen LogP contribution is -2.67. The summed E-state index contributed by atoms with van der Waals surface area (Å²) in [4.78, 5) is 21.9. The van der Waals surface area contributed by atoms with Gasteiger partial charge in [0.1, 0.15) is 17.8 Å². The zero-order valence-corrected chi connectivity index (χ0v) is 11.2. The number of hydrogen-bond donors (Lipinski definition) is 5. The van der Waals surface area contributed by atoms with E-state index in [9.17, 15) is 24.9 Å². The van der Waals surface area contributed by atoms with Crippen molar-refractivity contribution in [1.29, 1.82) is 0 Å². The highest BCUT2D eigenvalue weighted by Crippen LogP contribution is 2.31. The summed E-state index contributed by atoms with van der Waals surface area (Å²) < 4.78 is 10.4. The fraction of sp³-hybridized carbons (Fsp3) is 0.818. The standard InChI is InChI=1S/C11H20N2O7/c1-4(3-5(12)14)19-10-11(2,18)8(16)6(15)7(20-10)9(13)17/h4,6-8,10,15-16,18H,3H2,1-2H3,(H2,12,14)(H2,13,17)/t4?,6-,7?,8?,10+,11?/m0/s1. The quantitative estimate of drug-likeness (QED) is 0.359. The molecule has 1 rings (SSSR count). The van der Waals surface area contributed by atoms with E-state index in [0.717, 1.165) is 0 Å². The smallest absolute Gasteiger partial charge is 0.249 e. The van der Waals surface area contributed by atoms with Gasteiger partial charge >= 0.3 is 0 Å². The van der Waals surface area contributed by atoms with Crippen molar-refractivity contribution in [2.45, 2.75) is 56.6 Å². The molecular weight excluding hydrogens is 272 g/mol. The number of rotatable bonds is 5. The van der Waals surface area contributed by atoms with Crippen LogP contribution in [0.25, 0.3) is 0 Å². The summed E-state index contributed by atoms with van der Waals surface area (Å²) in [6.07, 6.45) is -7.24. The molecule has 116 valence electrons. The van der Waals surface area contributed by atoms with E-state index in [-0.39, 0.29) is 6.42 Å². The van der Waals surface area contributed by atoms with Crippen molar-refractivity contribution in [3.8, 4) is 0 Å². The molecule has 0 spiro atoms. The maximum atomic E-state index is 11.1. The molecule has 1 aliphatic heterocycles. The van der Waals surface area contributed by atoms with Crippen LogP contribution >= 0.6 is 0 Å². The van der Waals surface area contributed by atoms with Gasteiger partial charge in [-0.25, -0.2) is 0 Å². The van der Waals surface area contributed by atoms with Crippen LogP contribution in [0.4, 0.5) is 0 Å². The maximum absolute atomic E-state index is 11.1. The Morgan fingerprint density at radius 2 is 1.95 bits per heavy atom. The molecule has 1 heterocycles. The molecule has 0 bridgehead atoms. The first-order valence-corrected chi connectivity index (χ1v) is 6.04. The predicted molar refractivity (Wildman–Crippen MR) is 64.9 cm³/mol. The van der Waals surface area contributed by atoms with Gasteiger partial charge in [-0.1, -0.05) is 0 Å².